The summed E-state index contributed by atoms with van der Waals surface area (Å²) >= 11 is 0. The van der Waals surface area contributed by atoms with Crippen LogP contribution in [0.2, 0.25) is 0 Å². The Labute approximate surface area is 99.8 Å². The van der Waals surface area contributed by atoms with Gasteiger partial charge in [0, 0.05) is 0 Å². The van der Waals surface area contributed by atoms with Gasteiger partial charge in [-0.3, -0.25) is 0 Å². The first-order chi connectivity index (χ1) is 4.81. The van der Waals surface area contributed by atoms with Crippen LogP contribution in [0, 0.1) is 12.3 Å². The molecule has 0 radical (unpaired) electrons. The number of allylic oxidation sites excluding steroid dienone is 1. The van der Waals surface area contributed by atoms with Crippen molar-refractivity contribution in [3.05, 3.63) is 19.1 Å². The van der Waals surface area contributed by atoms with Crippen molar-refractivity contribution < 1.29 is 12.4 Å². The first-order valence-corrected chi connectivity index (χ1v) is 4.20. The molecular formula is C10H19ClMg. The molecule has 1 aliphatic carbocycles. The van der Waals surface area contributed by atoms with Crippen LogP contribution in [0.25, 0.3) is 0 Å². The Morgan fingerprint density at radius 2 is 2.00 bits per heavy atom. The van der Waals surface area contributed by atoms with E-state index in [1.54, 1.807) is 6.08 Å². The van der Waals surface area contributed by atoms with Crippen LogP contribution in [-0.2, 0) is 0 Å². The van der Waals surface area contributed by atoms with E-state index in [1.807, 2.05) is 6.92 Å². The fourth-order valence-corrected chi connectivity index (χ4v) is 1.13. The molecule has 0 spiro atoms. The maximum atomic E-state index is 3.36. The molecule has 0 amide bonds. The van der Waals surface area contributed by atoms with Crippen LogP contribution in [0.5, 0.6) is 0 Å². The molecule has 1 saturated carbocycles. The maximum absolute atomic E-state index is 3.36. The zero-order valence-corrected chi connectivity index (χ0v) is 10.5. The van der Waals surface area contributed by atoms with Gasteiger partial charge in [-0.1, -0.05) is 31.8 Å². The zero-order chi connectivity index (χ0) is 7.82. The summed E-state index contributed by atoms with van der Waals surface area (Å²) in [6.45, 7) is 7.58. The molecule has 1 fully saturated rings. The second kappa shape index (κ2) is 14.3. The third kappa shape index (κ3) is 13.4. The normalized spacial score (nSPS) is 20.3. The topological polar surface area (TPSA) is 0 Å². The first kappa shape index (κ1) is 18.6. The smallest absolute Gasteiger partial charge is 1.00 e. The van der Waals surface area contributed by atoms with Gasteiger partial charge in [0.25, 0.3) is 0 Å². The van der Waals surface area contributed by atoms with Crippen LogP contribution in [0.4, 0.5) is 0 Å². The van der Waals surface area contributed by atoms with Gasteiger partial charge in [-0.15, -0.1) is 6.58 Å². The number of halogens is 1. The van der Waals surface area contributed by atoms with Crippen LogP contribution in [0.15, 0.2) is 12.7 Å². The van der Waals surface area contributed by atoms with Gasteiger partial charge in [-0.2, -0.15) is 12.8 Å². The molecule has 0 aromatic carbocycles. The molecule has 0 aliphatic heterocycles. The van der Waals surface area contributed by atoms with E-state index in [2.05, 4.69) is 19.9 Å². The van der Waals surface area contributed by atoms with Crippen LogP contribution >= 0.6 is 0 Å². The summed E-state index contributed by atoms with van der Waals surface area (Å²) in [5, 5.41) is 0. The van der Waals surface area contributed by atoms with Crippen molar-refractivity contribution in [1.29, 1.82) is 0 Å². The molecule has 12 heavy (non-hydrogen) atoms. The van der Waals surface area contributed by atoms with Crippen LogP contribution < -0.4 is 12.4 Å². The molecule has 68 valence electrons. The predicted molar refractivity (Wildman–Crippen MR) is 53.6 cm³/mol. The molecule has 1 atom stereocenters. The monoisotopic (exact) mass is 198 g/mol. The standard InChI is InChI=1S/C7H13.C3H6.ClH.Mg/c1-7-5-3-2-4-6-7;1-3-2;;/h3,7H,2,4-6H2,1H3;3H,1H2,2H3;1H;/q-1;;;+2/p-1. The quantitative estimate of drug-likeness (QED) is 0.297. The summed E-state index contributed by atoms with van der Waals surface area (Å²) in [6, 6.07) is 0. The van der Waals surface area contributed by atoms with Crippen LogP contribution in [-0.4, -0.2) is 23.1 Å². The Bertz CT molecular complexity index is 77.9. The van der Waals surface area contributed by atoms with E-state index < -0.39 is 0 Å². The Balaban J connectivity index is -0.000000146. The van der Waals surface area contributed by atoms with Gasteiger partial charge in [-0.25, -0.2) is 0 Å². The second-order valence-electron chi connectivity index (χ2n) is 2.97. The minimum Gasteiger partial charge on any atom is -1.00 e. The van der Waals surface area contributed by atoms with Gasteiger partial charge < -0.3 is 18.8 Å². The van der Waals surface area contributed by atoms with E-state index in [4.69, 9.17) is 0 Å². The summed E-state index contributed by atoms with van der Waals surface area (Å²) in [5.41, 5.74) is 0. The average molecular weight is 199 g/mol. The molecule has 1 rings (SSSR count). The molecule has 2 heteroatoms. The Kier molecular flexibility index (Phi) is 22.2. The summed E-state index contributed by atoms with van der Waals surface area (Å²) in [7, 11) is 0. The number of hydrogen-bond donors (Lipinski definition) is 0. The fraction of sp³-hybridized carbons (Fsp3) is 0.700. The van der Waals surface area contributed by atoms with Crippen molar-refractivity contribution in [3.8, 4) is 0 Å². The Morgan fingerprint density at radius 1 is 1.50 bits per heavy atom. The van der Waals surface area contributed by atoms with E-state index in [0.29, 0.717) is 0 Å². The van der Waals surface area contributed by atoms with Gasteiger partial charge in [0.1, 0.15) is 0 Å². The zero-order valence-electron chi connectivity index (χ0n) is 8.35. The van der Waals surface area contributed by atoms with Crippen molar-refractivity contribution in [2.45, 2.75) is 39.5 Å². The summed E-state index contributed by atoms with van der Waals surface area (Å²) in [5.74, 6) is 0.980. The van der Waals surface area contributed by atoms with Crippen molar-refractivity contribution in [3.63, 3.8) is 0 Å². The third-order valence-corrected chi connectivity index (χ3v) is 1.67. The second-order valence-corrected chi connectivity index (χ2v) is 2.97. The third-order valence-electron chi connectivity index (χ3n) is 1.67. The molecule has 0 N–H and O–H groups in total. The van der Waals surface area contributed by atoms with Crippen molar-refractivity contribution >= 4 is 23.1 Å². The molecule has 0 aromatic rings. The van der Waals surface area contributed by atoms with Crippen LogP contribution in [0.1, 0.15) is 39.5 Å². The minimum atomic E-state index is 0. The largest absolute Gasteiger partial charge is 2.00 e. The van der Waals surface area contributed by atoms with Gasteiger partial charge in [0.15, 0.2) is 0 Å². The van der Waals surface area contributed by atoms with Crippen molar-refractivity contribution in [1.82, 2.24) is 0 Å². The van der Waals surface area contributed by atoms with E-state index in [-0.39, 0.29) is 35.5 Å². The number of rotatable bonds is 0. The van der Waals surface area contributed by atoms with Gasteiger partial charge in [0.2, 0.25) is 0 Å². The Hall–Kier alpha value is 0.796. The average Bonchev–Trinajstić information content (AvgIpc) is 1.91. The fourth-order valence-electron chi connectivity index (χ4n) is 1.13. The van der Waals surface area contributed by atoms with E-state index in [1.165, 1.54) is 25.7 Å². The van der Waals surface area contributed by atoms with E-state index in [9.17, 15) is 0 Å². The maximum Gasteiger partial charge on any atom is 2.00 e. The minimum absolute atomic E-state index is 0. The Morgan fingerprint density at radius 3 is 2.17 bits per heavy atom. The summed E-state index contributed by atoms with van der Waals surface area (Å²) < 4.78 is 0. The van der Waals surface area contributed by atoms with E-state index >= 15 is 0 Å². The molecule has 0 bridgehead atoms. The predicted octanol–water partition coefficient (Wildman–Crippen LogP) is 0.216. The van der Waals surface area contributed by atoms with Crippen molar-refractivity contribution in [2.75, 3.05) is 0 Å². The molecule has 0 nitrogen and oxygen atoms in total. The molecule has 1 aliphatic rings. The molecule has 0 heterocycles. The van der Waals surface area contributed by atoms with Gasteiger partial charge in [0.05, 0.1) is 0 Å². The number of hydrogen-bond acceptors (Lipinski definition) is 0. The molecule has 1 unspecified atom stereocenters. The molecule has 0 saturated heterocycles. The van der Waals surface area contributed by atoms with Gasteiger partial charge in [-0.05, 0) is 6.92 Å². The van der Waals surface area contributed by atoms with Crippen LogP contribution in [0.3, 0.4) is 0 Å². The summed E-state index contributed by atoms with van der Waals surface area (Å²) in [6.07, 6.45) is 9.77. The SMILES string of the molecule is C=CC.CC1C[CH-]CCC1.[Cl-].[Mg+2]. The first-order valence-electron chi connectivity index (χ1n) is 4.20. The van der Waals surface area contributed by atoms with E-state index in [0.717, 1.165) is 5.92 Å². The van der Waals surface area contributed by atoms with Crippen molar-refractivity contribution in [2.24, 2.45) is 5.92 Å². The summed E-state index contributed by atoms with van der Waals surface area (Å²) in [4.78, 5) is 0. The van der Waals surface area contributed by atoms with Gasteiger partial charge >= 0.3 is 23.1 Å². The molecular weight excluding hydrogens is 180 g/mol. The molecule has 0 aromatic heterocycles.